The molecule has 1 aliphatic heterocycles. The molecule has 12 heavy (non-hydrogen) atoms. The van der Waals surface area contributed by atoms with Gasteiger partial charge in [-0.1, -0.05) is 0 Å². The average molecular weight is 188 g/mol. The van der Waals surface area contributed by atoms with Crippen LogP contribution in [0, 0.1) is 5.41 Å². The van der Waals surface area contributed by atoms with Crippen molar-refractivity contribution in [2.75, 3.05) is 19.3 Å². The first-order valence-corrected chi connectivity index (χ1v) is 6.09. The third-order valence-corrected chi connectivity index (χ3v) is 3.71. The number of hydrogen-bond donors (Lipinski definition) is 2. The van der Waals surface area contributed by atoms with Gasteiger partial charge in [-0.25, -0.2) is 8.93 Å². The molecule has 2 fully saturated rings. The Bertz CT molecular complexity index is 201. The molecule has 1 aliphatic carbocycles. The van der Waals surface area contributed by atoms with Gasteiger partial charge < -0.3 is 5.32 Å². The second-order valence-electron chi connectivity index (χ2n) is 3.94. The Labute approximate surface area is 75.9 Å². The van der Waals surface area contributed by atoms with Crippen LogP contribution in [-0.4, -0.2) is 29.6 Å². The summed E-state index contributed by atoms with van der Waals surface area (Å²) in [4.78, 5) is 0. The first-order chi connectivity index (χ1) is 5.73. The van der Waals surface area contributed by atoms with Gasteiger partial charge in [-0.15, -0.1) is 0 Å². The monoisotopic (exact) mass is 188 g/mol. The summed E-state index contributed by atoms with van der Waals surface area (Å²) < 4.78 is 14.0. The Morgan fingerprint density at radius 1 is 1.50 bits per heavy atom. The minimum Gasteiger partial charge on any atom is -0.317 e. The Balaban J connectivity index is 1.86. The smallest absolute Gasteiger partial charge is 0.0886 e. The van der Waals surface area contributed by atoms with E-state index in [4.69, 9.17) is 0 Å². The molecule has 2 unspecified atom stereocenters. The fraction of sp³-hybridized carbons (Fsp3) is 1.00. The summed E-state index contributed by atoms with van der Waals surface area (Å²) >= 11 is 0. The molecule has 4 heteroatoms. The molecule has 1 saturated heterocycles. The summed E-state index contributed by atoms with van der Waals surface area (Å²) in [6.45, 7) is 2.27. The molecule has 2 rings (SSSR count). The summed E-state index contributed by atoms with van der Waals surface area (Å²) in [6.07, 6.45) is 5.45. The van der Waals surface area contributed by atoms with Crippen LogP contribution in [0.4, 0.5) is 0 Å². The van der Waals surface area contributed by atoms with Crippen LogP contribution in [0.15, 0.2) is 0 Å². The normalized spacial score (nSPS) is 34.9. The summed E-state index contributed by atoms with van der Waals surface area (Å²) in [6, 6.07) is 0.533. The maximum absolute atomic E-state index is 10.9. The van der Waals surface area contributed by atoms with Gasteiger partial charge in [0.15, 0.2) is 0 Å². The molecule has 0 aromatic carbocycles. The summed E-state index contributed by atoms with van der Waals surface area (Å²) in [5.74, 6) is 0. The maximum Gasteiger partial charge on any atom is 0.0886 e. The predicted molar refractivity (Wildman–Crippen MR) is 50.1 cm³/mol. The van der Waals surface area contributed by atoms with Crippen LogP contribution < -0.4 is 10.0 Å². The lowest BCUT2D eigenvalue weighted by Crippen LogP contribution is -2.34. The quantitative estimate of drug-likeness (QED) is 0.641. The number of hydrogen-bond acceptors (Lipinski definition) is 2. The Morgan fingerprint density at radius 3 is 2.75 bits per heavy atom. The zero-order valence-electron chi connectivity index (χ0n) is 7.43. The van der Waals surface area contributed by atoms with Gasteiger partial charge in [0.2, 0.25) is 0 Å². The highest BCUT2D eigenvalue weighted by Crippen LogP contribution is 2.52. The predicted octanol–water partition coefficient (Wildman–Crippen LogP) is 0.0116. The molecule has 0 bridgehead atoms. The highest BCUT2D eigenvalue weighted by molar-refractivity contribution is 7.82. The van der Waals surface area contributed by atoms with Crippen molar-refractivity contribution < 1.29 is 4.21 Å². The van der Waals surface area contributed by atoms with Crippen LogP contribution in [0.1, 0.15) is 19.3 Å². The molecule has 70 valence electrons. The van der Waals surface area contributed by atoms with Gasteiger partial charge in [0.25, 0.3) is 0 Å². The van der Waals surface area contributed by atoms with Crippen molar-refractivity contribution in [3.63, 3.8) is 0 Å². The minimum atomic E-state index is -0.831. The topological polar surface area (TPSA) is 41.1 Å². The molecule has 2 atom stereocenters. The average Bonchev–Trinajstić information content (AvgIpc) is 2.63. The van der Waals surface area contributed by atoms with E-state index in [-0.39, 0.29) is 0 Å². The Morgan fingerprint density at radius 2 is 2.17 bits per heavy atom. The van der Waals surface area contributed by atoms with Crippen molar-refractivity contribution in [2.24, 2.45) is 5.41 Å². The van der Waals surface area contributed by atoms with Crippen LogP contribution in [0.2, 0.25) is 0 Å². The van der Waals surface area contributed by atoms with E-state index in [2.05, 4.69) is 10.0 Å². The molecule has 0 radical (unpaired) electrons. The number of nitrogens with one attached hydrogen (secondary N) is 2. The fourth-order valence-corrected chi connectivity index (χ4v) is 2.93. The maximum atomic E-state index is 10.9. The lowest BCUT2D eigenvalue weighted by Gasteiger charge is -2.23. The molecule has 0 amide bonds. The molecule has 1 saturated carbocycles. The molecule has 2 N–H and O–H groups in total. The van der Waals surface area contributed by atoms with Gasteiger partial charge in [0.05, 0.1) is 11.0 Å². The molecule has 3 nitrogen and oxygen atoms in total. The zero-order valence-corrected chi connectivity index (χ0v) is 8.25. The third kappa shape index (κ3) is 1.56. The molecule has 0 aromatic heterocycles. The zero-order chi connectivity index (χ0) is 8.60. The second-order valence-corrected chi connectivity index (χ2v) is 5.09. The first kappa shape index (κ1) is 8.66. The molecular weight excluding hydrogens is 172 g/mol. The van der Waals surface area contributed by atoms with E-state index >= 15 is 0 Å². The van der Waals surface area contributed by atoms with Gasteiger partial charge >= 0.3 is 0 Å². The summed E-state index contributed by atoms with van der Waals surface area (Å²) in [5, 5.41) is 3.35. The van der Waals surface area contributed by atoms with Crippen LogP contribution in [-0.2, 0) is 11.0 Å². The highest BCUT2D eigenvalue weighted by atomic mass is 32.2. The highest BCUT2D eigenvalue weighted by Gasteiger charge is 2.54. The molecule has 0 aromatic rings. The second kappa shape index (κ2) is 3.09. The van der Waals surface area contributed by atoms with Crippen molar-refractivity contribution in [1.82, 2.24) is 10.0 Å². The van der Waals surface area contributed by atoms with E-state index in [9.17, 15) is 4.21 Å². The van der Waals surface area contributed by atoms with E-state index in [1.54, 1.807) is 6.26 Å². The summed E-state index contributed by atoms with van der Waals surface area (Å²) in [5.41, 5.74) is 0.511. The van der Waals surface area contributed by atoms with E-state index in [1.807, 2.05) is 0 Å². The lowest BCUT2D eigenvalue weighted by atomic mass is 9.94. The van der Waals surface area contributed by atoms with E-state index < -0.39 is 11.0 Å². The molecule has 1 spiro atoms. The first-order valence-electron chi connectivity index (χ1n) is 4.53. The van der Waals surface area contributed by atoms with Gasteiger partial charge in [0.1, 0.15) is 0 Å². The van der Waals surface area contributed by atoms with Gasteiger partial charge in [-0.2, -0.15) is 0 Å². The number of rotatable bonds is 2. The van der Waals surface area contributed by atoms with E-state index in [1.165, 1.54) is 19.3 Å². The van der Waals surface area contributed by atoms with Crippen LogP contribution in [0.3, 0.4) is 0 Å². The molecule has 1 heterocycles. The largest absolute Gasteiger partial charge is 0.317 e. The Hall–Kier alpha value is 0.0700. The lowest BCUT2D eigenvalue weighted by molar-refractivity contribution is 0.338. The van der Waals surface area contributed by atoms with Crippen molar-refractivity contribution >= 4 is 11.0 Å². The van der Waals surface area contributed by atoms with Crippen molar-refractivity contribution in [3.8, 4) is 0 Å². The van der Waals surface area contributed by atoms with E-state index in [0.29, 0.717) is 11.5 Å². The van der Waals surface area contributed by atoms with Crippen LogP contribution in [0.25, 0.3) is 0 Å². The summed E-state index contributed by atoms with van der Waals surface area (Å²) in [7, 11) is -0.831. The van der Waals surface area contributed by atoms with Crippen molar-refractivity contribution in [3.05, 3.63) is 0 Å². The van der Waals surface area contributed by atoms with Gasteiger partial charge in [-0.05, 0) is 37.8 Å². The van der Waals surface area contributed by atoms with Crippen molar-refractivity contribution in [1.29, 1.82) is 0 Å². The Kier molecular flexibility index (Phi) is 2.23. The molecular formula is C8H16N2OS. The fourth-order valence-electron chi connectivity index (χ4n) is 2.19. The SMILES string of the molecule is CS(=O)NC1CC12CCNCC2. The minimum absolute atomic E-state index is 0.511. The van der Waals surface area contributed by atoms with Crippen molar-refractivity contribution in [2.45, 2.75) is 25.3 Å². The van der Waals surface area contributed by atoms with Crippen LogP contribution in [0.5, 0.6) is 0 Å². The standard InChI is InChI=1S/C8H16N2OS/c1-12(11)10-7-6-8(7)2-4-9-5-3-8/h7,9-10H,2-6H2,1H3. The molecule has 2 aliphatic rings. The van der Waals surface area contributed by atoms with Crippen LogP contribution >= 0.6 is 0 Å². The third-order valence-electron chi connectivity index (χ3n) is 3.10. The number of piperidine rings is 1. The van der Waals surface area contributed by atoms with E-state index in [0.717, 1.165) is 13.1 Å². The van der Waals surface area contributed by atoms with Gasteiger partial charge in [-0.3, -0.25) is 0 Å². The van der Waals surface area contributed by atoms with Gasteiger partial charge in [0, 0.05) is 12.3 Å².